The number of nitrogens with zero attached hydrogens (tertiary/aromatic N) is 2. The highest BCUT2D eigenvalue weighted by Crippen LogP contribution is 2.27. The normalized spacial score (nSPS) is 14.7. The van der Waals surface area contributed by atoms with Crippen molar-refractivity contribution in [3.63, 3.8) is 0 Å². The lowest BCUT2D eigenvalue weighted by atomic mass is 10.1. The molecule has 2 heterocycles. The Labute approximate surface area is 156 Å². The second-order valence-corrected chi connectivity index (χ2v) is 7.24. The van der Waals surface area contributed by atoms with E-state index in [0.29, 0.717) is 10.8 Å². The smallest absolute Gasteiger partial charge is 0.277 e. The molecule has 1 aliphatic rings. The Kier molecular flexibility index (Phi) is 6.30. The number of rotatable bonds is 6. The Bertz CT molecular complexity index is 741. The fraction of sp³-hybridized carbons (Fsp3) is 0.333. The molecule has 0 aliphatic carbocycles. The van der Waals surface area contributed by atoms with Crippen molar-refractivity contribution in [1.82, 2.24) is 5.43 Å². The molecule has 1 aromatic heterocycles. The average Bonchev–Trinajstić information content (AvgIpc) is 3.11. The molecule has 1 fully saturated rings. The van der Waals surface area contributed by atoms with Gasteiger partial charge in [0.2, 0.25) is 0 Å². The van der Waals surface area contributed by atoms with Gasteiger partial charge in [-0.15, -0.1) is 11.3 Å². The van der Waals surface area contributed by atoms with Gasteiger partial charge < -0.3 is 9.64 Å². The van der Waals surface area contributed by atoms with Crippen LogP contribution >= 0.6 is 22.9 Å². The molecule has 5 nitrogen and oxygen atoms in total. The Morgan fingerprint density at radius 3 is 2.84 bits per heavy atom. The van der Waals surface area contributed by atoms with Crippen molar-refractivity contribution in [2.75, 3.05) is 24.6 Å². The van der Waals surface area contributed by atoms with Crippen LogP contribution in [0, 0.1) is 0 Å². The molecule has 0 unspecified atom stereocenters. The summed E-state index contributed by atoms with van der Waals surface area (Å²) in [6.07, 6.45) is 5.48. The zero-order valence-corrected chi connectivity index (χ0v) is 15.4. The molecular weight excluding hydrogens is 358 g/mol. The van der Waals surface area contributed by atoms with Crippen molar-refractivity contribution in [1.29, 1.82) is 0 Å². The number of piperidine rings is 1. The number of hydrazone groups is 1. The van der Waals surface area contributed by atoms with Crippen LogP contribution in [0.15, 0.2) is 41.5 Å². The van der Waals surface area contributed by atoms with Gasteiger partial charge in [0.25, 0.3) is 5.91 Å². The number of thiophene rings is 1. The lowest BCUT2D eigenvalue weighted by Gasteiger charge is -2.27. The van der Waals surface area contributed by atoms with E-state index in [1.165, 1.54) is 24.3 Å². The molecule has 1 aliphatic heterocycles. The number of carbonyl (C=O) groups is 1. The Morgan fingerprint density at radius 2 is 2.04 bits per heavy atom. The molecule has 0 bridgehead atoms. The molecule has 3 rings (SSSR count). The Morgan fingerprint density at radius 1 is 1.24 bits per heavy atom. The quantitative estimate of drug-likeness (QED) is 0.613. The van der Waals surface area contributed by atoms with Crippen LogP contribution in [-0.2, 0) is 4.79 Å². The molecule has 1 amide bonds. The Hall–Kier alpha value is -2.05. The molecule has 0 atom stereocenters. The van der Waals surface area contributed by atoms with E-state index >= 15 is 0 Å². The predicted octanol–water partition coefficient (Wildman–Crippen LogP) is 3.92. The molecule has 132 valence electrons. The highest BCUT2D eigenvalue weighted by Gasteiger charge is 2.12. The van der Waals surface area contributed by atoms with Gasteiger partial charge in [-0.05, 0) is 43.5 Å². The summed E-state index contributed by atoms with van der Waals surface area (Å²) in [5.74, 6) is 0.150. The number of benzene rings is 1. The topological polar surface area (TPSA) is 53.9 Å². The second kappa shape index (κ2) is 8.87. The van der Waals surface area contributed by atoms with Crippen molar-refractivity contribution in [2.24, 2.45) is 5.10 Å². The summed E-state index contributed by atoms with van der Waals surface area (Å²) in [4.78, 5) is 15.2. The number of para-hydroxylation sites is 1. The van der Waals surface area contributed by atoms with Gasteiger partial charge in [-0.25, -0.2) is 5.43 Å². The first-order valence-electron chi connectivity index (χ1n) is 8.26. The number of anilines is 1. The summed E-state index contributed by atoms with van der Waals surface area (Å²) in [5, 5.41) is 5.72. The molecular formula is C18H20ClN3O2S. The van der Waals surface area contributed by atoms with Crippen molar-refractivity contribution in [3.05, 3.63) is 46.3 Å². The van der Waals surface area contributed by atoms with E-state index in [9.17, 15) is 4.79 Å². The third kappa shape index (κ3) is 5.21. The summed E-state index contributed by atoms with van der Waals surface area (Å²) < 4.78 is 5.36. The SMILES string of the molecule is O=C(COc1ccccc1Cl)N/N=C\c1ccc(N2CCCCC2)s1. The molecule has 25 heavy (non-hydrogen) atoms. The third-order valence-corrected chi connectivity index (χ3v) is 5.25. The highest BCUT2D eigenvalue weighted by molar-refractivity contribution is 7.17. The van der Waals surface area contributed by atoms with Crippen LogP contribution in [0.5, 0.6) is 5.75 Å². The third-order valence-electron chi connectivity index (χ3n) is 3.86. The predicted molar refractivity (Wildman–Crippen MR) is 103 cm³/mol. The molecule has 1 aromatic carbocycles. The number of amides is 1. The largest absolute Gasteiger partial charge is 0.482 e. The minimum Gasteiger partial charge on any atom is -0.482 e. The van der Waals surface area contributed by atoms with Crippen LogP contribution in [0.1, 0.15) is 24.1 Å². The lowest BCUT2D eigenvalue weighted by molar-refractivity contribution is -0.123. The first-order chi connectivity index (χ1) is 12.2. The average molecular weight is 378 g/mol. The van der Waals surface area contributed by atoms with Crippen LogP contribution in [0.3, 0.4) is 0 Å². The van der Waals surface area contributed by atoms with Crippen LogP contribution in [0.25, 0.3) is 0 Å². The Balaban J connectivity index is 1.45. The number of hydrogen-bond acceptors (Lipinski definition) is 5. The van der Waals surface area contributed by atoms with Crippen molar-refractivity contribution in [2.45, 2.75) is 19.3 Å². The maximum absolute atomic E-state index is 11.8. The van der Waals surface area contributed by atoms with Crippen molar-refractivity contribution < 1.29 is 9.53 Å². The summed E-state index contributed by atoms with van der Waals surface area (Å²) in [6.45, 7) is 2.10. The van der Waals surface area contributed by atoms with Gasteiger partial charge in [0.1, 0.15) is 5.75 Å². The fourth-order valence-electron chi connectivity index (χ4n) is 2.60. The standard InChI is InChI=1S/C18H20ClN3O2S/c19-15-6-2-3-7-16(15)24-13-17(23)21-20-12-14-8-9-18(25-14)22-10-4-1-5-11-22/h2-3,6-9,12H,1,4-5,10-11,13H2,(H,21,23)/b20-12-. The van der Waals surface area contributed by atoms with Crippen LogP contribution in [-0.4, -0.2) is 31.8 Å². The first-order valence-corrected chi connectivity index (χ1v) is 9.46. The van der Waals surface area contributed by atoms with Gasteiger partial charge in [-0.3, -0.25) is 4.79 Å². The lowest BCUT2D eigenvalue weighted by Crippen LogP contribution is -2.28. The summed E-state index contributed by atoms with van der Waals surface area (Å²) >= 11 is 7.65. The number of hydrogen-bond donors (Lipinski definition) is 1. The molecule has 2 aromatic rings. The van der Waals surface area contributed by atoms with E-state index in [2.05, 4.69) is 21.5 Å². The molecule has 0 radical (unpaired) electrons. The number of ether oxygens (including phenoxy) is 1. The van der Waals surface area contributed by atoms with Crippen molar-refractivity contribution >= 4 is 40.1 Å². The van der Waals surface area contributed by atoms with E-state index in [-0.39, 0.29) is 12.5 Å². The fourth-order valence-corrected chi connectivity index (χ4v) is 3.72. The number of halogens is 1. The number of nitrogens with one attached hydrogen (secondary N) is 1. The van der Waals surface area contributed by atoms with Gasteiger partial charge in [-0.2, -0.15) is 5.10 Å². The first kappa shape index (κ1) is 17.8. The second-order valence-electron chi connectivity index (χ2n) is 5.74. The van der Waals surface area contributed by atoms with Gasteiger partial charge in [0.05, 0.1) is 16.2 Å². The van der Waals surface area contributed by atoms with E-state index in [1.54, 1.807) is 41.8 Å². The van der Waals surface area contributed by atoms with E-state index in [4.69, 9.17) is 16.3 Å². The molecule has 0 saturated carbocycles. The summed E-state index contributed by atoms with van der Waals surface area (Å²) in [5.41, 5.74) is 2.47. The molecule has 0 spiro atoms. The van der Waals surface area contributed by atoms with Crippen LogP contribution in [0.2, 0.25) is 5.02 Å². The van der Waals surface area contributed by atoms with Crippen LogP contribution < -0.4 is 15.1 Å². The zero-order valence-electron chi connectivity index (χ0n) is 13.8. The maximum Gasteiger partial charge on any atom is 0.277 e. The van der Waals surface area contributed by atoms with Gasteiger partial charge in [-0.1, -0.05) is 23.7 Å². The van der Waals surface area contributed by atoms with Crippen molar-refractivity contribution in [3.8, 4) is 5.75 Å². The minimum absolute atomic E-state index is 0.134. The monoisotopic (exact) mass is 377 g/mol. The van der Waals surface area contributed by atoms with E-state index in [1.807, 2.05) is 6.07 Å². The van der Waals surface area contributed by atoms with E-state index < -0.39 is 0 Å². The maximum atomic E-state index is 11.8. The van der Waals surface area contributed by atoms with Gasteiger partial charge >= 0.3 is 0 Å². The van der Waals surface area contributed by atoms with Gasteiger partial charge in [0, 0.05) is 18.0 Å². The minimum atomic E-state index is -0.330. The van der Waals surface area contributed by atoms with Gasteiger partial charge in [0.15, 0.2) is 6.61 Å². The van der Waals surface area contributed by atoms with Crippen LogP contribution in [0.4, 0.5) is 5.00 Å². The highest BCUT2D eigenvalue weighted by atomic mass is 35.5. The number of carbonyl (C=O) groups excluding carboxylic acids is 1. The molecule has 7 heteroatoms. The zero-order chi connectivity index (χ0) is 17.5. The molecule has 1 saturated heterocycles. The van der Waals surface area contributed by atoms with E-state index in [0.717, 1.165) is 18.0 Å². The molecule has 1 N–H and O–H groups in total. The summed E-state index contributed by atoms with van der Waals surface area (Å²) in [7, 11) is 0. The summed E-state index contributed by atoms with van der Waals surface area (Å²) in [6, 6.07) is 11.2.